The van der Waals surface area contributed by atoms with Crippen LogP contribution in [0.3, 0.4) is 0 Å². The Kier molecular flexibility index (Phi) is 26.6. The fraction of sp³-hybridized carbons (Fsp3) is 0.193. The van der Waals surface area contributed by atoms with Gasteiger partial charge in [-0.2, -0.15) is 20.4 Å². The van der Waals surface area contributed by atoms with Crippen molar-refractivity contribution in [1.82, 2.24) is 135 Å². The van der Waals surface area contributed by atoms with Crippen LogP contribution in [0.1, 0.15) is 92.3 Å². The number of rotatable bonds is 20. The van der Waals surface area contributed by atoms with E-state index in [9.17, 15) is 0 Å². The smallest absolute Gasteiger partial charge is 0.159 e. The lowest BCUT2D eigenvalue weighted by Crippen LogP contribution is -2.29. The number of hydrogen-bond donors (Lipinski definition) is 9. The van der Waals surface area contributed by atoms with Gasteiger partial charge in [0.25, 0.3) is 0 Å². The van der Waals surface area contributed by atoms with Crippen LogP contribution >= 0.6 is 0 Å². The van der Waals surface area contributed by atoms with Gasteiger partial charge < -0.3 is 47.8 Å². The number of hydrogen-bond acceptors (Lipinski definition) is 24. The Morgan fingerprint density at radius 3 is 0.901 bits per heavy atom. The van der Waals surface area contributed by atoms with Crippen molar-refractivity contribution in [2.45, 2.75) is 101 Å². The van der Waals surface area contributed by atoms with Gasteiger partial charge in [0, 0.05) is 188 Å². The van der Waals surface area contributed by atoms with E-state index in [4.69, 9.17) is 37.6 Å². The highest BCUT2D eigenvalue weighted by Gasteiger charge is 2.25. The second kappa shape index (κ2) is 40.5. The van der Waals surface area contributed by atoms with Crippen molar-refractivity contribution in [3.05, 3.63) is 287 Å². The third-order valence-electron chi connectivity index (χ3n) is 24.9. The van der Waals surface area contributed by atoms with Gasteiger partial charge in [0.2, 0.25) is 0 Å². The number of fused-ring (bicyclic) bond motifs is 8. The molecule has 24 aromatic rings. The molecule has 32 heteroatoms. The molecule has 2 aliphatic heterocycles. The third-order valence-corrected chi connectivity index (χ3v) is 24.9. The van der Waals surface area contributed by atoms with Crippen LogP contribution in [0.25, 0.3) is 223 Å². The van der Waals surface area contributed by atoms with Gasteiger partial charge in [-0.05, 0) is 216 Å². The first-order chi connectivity index (χ1) is 67.4. The average Bonchev–Trinajstić information content (AvgIpc) is 1.63. The van der Waals surface area contributed by atoms with Crippen molar-refractivity contribution >= 4 is 93.4 Å². The van der Waals surface area contributed by atoms with E-state index in [2.05, 4.69) is 233 Å². The molecule has 32 nitrogen and oxygen atoms in total. The molecular weight excluding hydrogens is 1770 g/mol. The summed E-state index contributed by atoms with van der Waals surface area (Å²) in [5, 5.41) is 38.3. The molecule has 4 aromatic carbocycles. The molecule has 2 saturated heterocycles. The molecule has 22 heterocycles. The molecule has 2 fully saturated rings. The lowest BCUT2D eigenvalue weighted by atomic mass is 10.0. The van der Waals surface area contributed by atoms with Crippen molar-refractivity contribution < 1.29 is 17.7 Å². The van der Waals surface area contributed by atoms with E-state index in [0.717, 1.165) is 225 Å². The Balaban J connectivity index is 0.000000118. The lowest BCUT2D eigenvalue weighted by Gasteiger charge is -2.26. The van der Waals surface area contributed by atoms with Crippen molar-refractivity contribution in [3.8, 4) is 135 Å². The van der Waals surface area contributed by atoms with E-state index in [1.807, 2.05) is 92.2 Å². The minimum Gasteiger partial charge on any atom is -0.472 e. The number of aromatic amines is 8. The molecule has 0 spiro atoms. The van der Waals surface area contributed by atoms with Gasteiger partial charge in [-0.1, -0.05) is 60.4 Å². The van der Waals surface area contributed by atoms with Gasteiger partial charge in [-0.25, -0.2) is 19.9 Å². The summed E-state index contributed by atoms with van der Waals surface area (Å²) >= 11 is 0. The van der Waals surface area contributed by atoms with Crippen LogP contribution in [0.5, 0.6) is 0 Å². The van der Waals surface area contributed by atoms with Crippen molar-refractivity contribution in [3.63, 3.8) is 0 Å². The van der Waals surface area contributed by atoms with Crippen LogP contribution in [-0.4, -0.2) is 182 Å². The number of pyridine rings is 8. The van der Waals surface area contributed by atoms with E-state index in [-0.39, 0.29) is 29.7 Å². The highest BCUT2D eigenvalue weighted by Crippen LogP contribution is 2.41. The van der Waals surface area contributed by atoms with Crippen molar-refractivity contribution in [1.29, 1.82) is 0 Å². The third kappa shape index (κ3) is 19.1. The summed E-state index contributed by atoms with van der Waals surface area (Å²) in [5.41, 5.74) is 34.3. The van der Waals surface area contributed by atoms with Gasteiger partial charge in [0.05, 0.1) is 125 Å². The van der Waals surface area contributed by atoms with Crippen LogP contribution in [0.15, 0.2) is 288 Å². The standard InChI is InChI=1S/C28H25N7O.C27H23N7O.2C25H21N7O.4CH4/c1-2-7-35(8-3-1)16-18-10-21(13-29-12-18)19-4-5-24-22(11-19)27(34-33-24)28-31-25-15-30-14-23(26(25)32-28)20-6-9-36-17-20;1-2-7-34(6-1)15-17-9-20(12-28-11-17)18-3-4-23-21(10-18)26(33-32-23)27-30-24-14-29-13-22(25(24)31-27)19-5-8-35-16-19;1-32(2)13-15-7-18(10-26-9-15)16-3-4-21-19(8-16)24(31-30-21)25-28-22-12-27-11-20(23(22)29-25)17-5-6-33-14-17;1-14(2)28-18-7-17(9-26-10-18)15-3-4-21-19(8-15)24(32-31-21)25-29-22-12-27-11-20(23(22)30-25)16-5-6-33-13-16;;;;/h4-6,9-15,17H,1-3,7-8,16H2,(H,31,32)(H,33,34);3-5,8-14,16H,1-2,6-7,15H2,(H,30,31)(H,32,33);3-12,14H,13H2,1-2H3,(H,28,29)(H,30,31);3-14,28H,1-2H3,(H,29,30)(H,31,32);4*1H4. The number of nitrogens with zero attached hydrogens (tertiary/aromatic N) is 19. The SMILES string of the molecule is C.C.C.C.CC(C)Nc1cncc(-c2ccc3[nH]nc(-c4nc5c(-c6ccoc6)cncc5[nH]4)c3c2)c1.CN(C)Cc1cncc(-c2ccc3[nH]nc(-c4nc5c(-c6ccoc6)cncc5[nH]4)c3c2)c1.c1cc(-c2cncc3[nH]c(-c4n[nH]c5ccc(-c6cncc(CN7CCCC7)c6)cc45)nc23)co1.c1cc(-c2cncc3[nH]c(-c4n[nH]c5ccc(-c6cncc(CN7CCCCC7)c6)cc45)nc23)co1. The van der Waals surface area contributed by atoms with E-state index in [0.29, 0.717) is 29.3 Å². The van der Waals surface area contributed by atoms with Gasteiger partial charge >= 0.3 is 0 Å². The fourth-order valence-electron chi connectivity index (χ4n) is 18.3. The summed E-state index contributed by atoms with van der Waals surface area (Å²) in [7, 11) is 4.11. The maximum atomic E-state index is 5.27. The average molecular weight is 1870 g/mol. The topological polar surface area (TPSA) is 407 Å². The maximum absolute atomic E-state index is 5.27. The Hall–Kier alpha value is -17.4. The first-order valence-corrected chi connectivity index (χ1v) is 45.5. The molecule has 706 valence electrons. The van der Waals surface area contributed by atoms with Crippen LogP contribution < -0.4 is 5.32 Å². The van der Waals surface area contributed by atoms with Crippen LogP contribution in [0.2, 0.25) is 0 Å². The number of likely N-dealkylation sites (tertiary alicyclic amines) is 2. The number of H-pyrrole nitrogens is 8. The van der Waals surface area contributed by atoms with Gasteiger partial charge in [0.1, 0.15) is 44.8 Å². The summed E-state index contributed by atoms with van der Waals surface area (Å²) in [5.74, 6) is 2.76. The summed E-state index contributed by atoms with van der Waals surface area (Å²) in [4.78, 5) is 75.6. The van der Waals surface area contributed by atoms with E-state index in [1.54, 1.807) is 93.5 Å². The Morgan fingerprint density at radius 1 is 0.305 bits per heavy atom. The number of anilines is 1. The van der Waals surface area contributed by atoms with E-state index in [1.165, 1.54) is 75.0 Å². The van der Waals surface area contributed by atoms with Gasteiger partial charge in [0.15, 0.2) is 23.3 Å². The molecule has 0 amide bonds. The normalized spacial score (nSPS) is 12.8. The van der Waals surface area contributed by atoms with E-state index < -0.39 is 0 Å². The number of piperidine rings is 1. The number of furan rings is 4. The van der Waals surface area contributed by atoms with Crippen molar-refractivity contribution in [2.24, 2.45) is 0 Å². The first-order valence-electron chi connectivity index (χ1n) is 45.5. The molecule has 0 aliphatic carbocycles. The number of aromatic nitrogens is 24. The molecule has 0 bridgehead atoms. The molecule has 141 heavy (non-hydrogen) atoms. The molecule has 0 radical (unpaired) electrons. The Morgan fingerprint density at radius 2 is 0.596 bits per heavy atom. The zero-order chi connectivity index (χ0) is 91.8. The van der Waals surface area contributed by atoms with Crippen molar-refractivity contribution in [2.75, 3.05) is 45.6 Å². The second-order valence-corrected chi connectivity index (χ2v) is 35.1. The predicted molar refractivity (Wildman–Crippen MR) is 556 cm³/mol. The van der Waals surface area contributed by atoms with Gasteiger partial charge in [-0.15, -0.1) is 0 Å². The number of imidazole rings is 4. The zero-order valence-electron chi connectivity index (χ0n) is 75.1. The number of nitrogens with one attached hydrogen (secondary N) is 9. The van der Waals surface area contributed by atoms with Crippen LogP contribution in [0.4, 0.5) is 5.69 Å². The predicted octanol–water partition coefficient (Wildman–Crippen LogP) is 24.3. The molecule has 9 N–H and O–H groups in total. The summed E-state index contributed by atoms with van der Waals surface area (Å²) in [6, 6.07) is 41.9. The second-order valence-electron chi connectivity index (χ2n) is 35.1. The highest BCUT2D eigenvalue weighted by molar-refractivity contribution is 6.03. The molecule has 2 aliphatic rings. The highest BCUT2D eigenvalue weighted by atomic mass is 16.3. The monoisotopic (exact) mass is 1870 g/mol. The summed E-state index contributed by atoms with van der Waals surface area (Å²) in [6.45, 7) is 11.6. The lowest BCUT2D eigenvalue weighted by molar-refractivity contribution is 0.220. The van der Waals surface area contributed by atoms with Gasteiger partial charge in [-0.3, -0.25) is 70.1 Å². The Bertz CT molecular complexity index is 8170. The number of benzene rings is 4. The largest absolute Gasteiger partial charge is 0.472 e. The quantitative estimate of drug-likeness (QED) is 0.0342. The Labute approximate surface area is 811 Å². The summed E-state index contributed by atoms with van der Waals surface area (Å²) < 4.78 is 21.0. The maximum Gasteiger partial charge on any atom is 0.159 e. The zero-order valence-corrected chi connectivity index (χ0v) is 75.1. The first kappa shape index (κ1) is 92.7. The molecule has 0 unspecified atom stereocenters. The summed E-state index contributed by atoms with van der Waals surface area (Å²) in [6.07, 6.45) is 49.5. The van der Waals surface area contributed by atoms with Crippen LogP contribution in [-0.2, 0) is 19.6 Å². The minimum atomic E-state index is 0. The molecule has 0 saturated carbocycles. The molecule has 26 rings (SSSR count). The minimum absolute atomic E-state index is 0. The molecule has 0 atom stereocenters. The fourth-order valence-corrected chi connectivity index (χ4v) is 18.3. The van der Waals surface area contributed by atoms with Crippen LogP contribution in [0, 0.1) is 0 Å². The molecule has 20 aromatic heterocycles. The van der Waals surface area contributed by atoms with E-state index >= 15 is 0 Å². The molecular formula is C109H106N28O4.